The van der Waals surface area contributed by atoms with Gasteiger partial charge in [0.1, 0.15) is 8.07 Å². The zero-order valence-electron chi connectivity index (χ0n) is 17.8. The molecule has 172 valence electrons. The summed E-state index contributed by atoms with van der Waals surface area (Å²) < 4.78 is 118. The van der Waals surface area contributed by atoms with E-state index >= 15 is 0 Å². The van der Waals surface area contributed by atoms with Gasteiger partial charge in [0.2, 0.25) is 0 Å². The van der Waals surface area contributed by atoms with Crippen molar-refractivity contribution < 1.29 is 35.1 Å². The van der Waals surface area contributed by atoms with E-state index in [-0.39, 0.29) is 25.7 Å². The minimum atomic E-state index is -4.33. The molecule has 2 aromatic rings. The molecule has 0 saturated carbocycles. The van der Waals surface area contributed by atoms with E-state index in [4.69, 9.17) is 0 Å². The summed E-state index contributed by atoms with van der Waals surface area (Å²) in [6.45, 7) is 5.38. The first-order chi connectivity index (χ1) is 14.4. The van der Waals surface area contributed by atoms with Crippen molar-refractivity contribution in [3.05, 3.63) is 57.7 Å². The monoisotopic (exact) mass is 468 g/mol. The van der Waals surface area contributed by atoms with Crippen LogP contribution in [-0.4, -0.2) is 8.07 Å². The first kappa shape index (κ1) is 25.4. The predicted molar refractivity (Wildman–Crippen MR) is 107 cm³/mol. The van der Waals surface area contributed by atoms with Gasteiger partial charge in [0.15, 0.2) is 46.5 Å². The number of hydrogen-bond donors (Lipinski definition) is 0. The SMILES string of the molecule is CCCCc1c(F)c(F)c([Si](C)(C)c2c(F)c(F)c(CCCC)c(F)c2F)c(F)c1F. The normalized spacial score (nSPS) is 12.0. The van der Waals surface area contributed by atoms with Gasteiger partial charge >= 0.3 is 0 Å². The van der Waals surface area contributed by atoms with Crippen molar-refractivity contribution in [3.8, 4) is 0 Å². The van der Waals surface area contributed by atoms with Crippen molar-refractivity contribution in [1.82, 2.24) is 0 Å². The van der Waals surface area contributed by atoms with Crippen LogP contribution < -0.4 is 10.4 Å². The molecule has 0 bridgehead atoms. The molecule has 0 aliphatic carbocycles. The van der Waals surface area contributed by atoms with Gasteiger partial charge in [-0.3, -0.25) is 0 Å². The van der Waals surface area contributed by atoms with E-state index in [1.165, 1.54) is 0 Å². The Morgan fingerprint density at radius 1 is 0.484 bits per heavy atom. The zero-order chi connectivity index (χ0) is 23.7. The van der Waals surface area contributed by atoms with E-state index in [1.807, 2.05) is 0 Å². The summed E-state index contributed by atoms with van der Waals surface area (Å²) in [6, 6.07) is 0. The lowest BCUT2D eigenvalue weighted by Crippen LogP contribution is -2.59. The van der Waals surface area contributed by atoms with Gasteiger partial charge in [-0.15, -0.1) is 0 Å². The molecule has 0 nitrogen and oxygen atoms in total. The first-order valence-electron chi connectivity index (χ1n) is 10.1. The molecule has 0 radical (unpaired) electrons. The molecule has 0 unspecified atom stereocenters. The van der Waals surface area contributed by atoms with E-state index < -0.39 is 76.1 Å². The average molecular weight is 469 g/mol. The lowest BCUT2D eigenvalue weighted by molar-refractivity contribution is 0.441. The second kappa shape index (κ2) is 9.71. The highest BCUT2D eigenvalue weighted by Crippen LogP contribution is 2.26. The van der Waals surface area contributed by atoms with Crippen LogP contribution >= 0.6 is 0 Å². The van der Waals surface area contributed by atoms with Gasteiger partial charge < -0.3 is 0 Å². The van der Waals surface area contributed by atoms with Crippen LogP contribution in [0.15, 0.2) is 0 Å². The summed E-state index contributed by atoms with van der Waals surface area (Å²) in [7, 11) is -4.33. The Morgan fingerprint density at radius 3 is 0.968 bits per heavy atom. The molecule has 0 heterocycles. The molecular formula is C22H24F8Si. The van der Waals surface area contributed by atoms with Crippen LogP contribution in [-0.2, 0) is 12.8 Å². The summed E-state index contributed by atoms with van der Waals surface area (Å²) in [6.07, 6.45) is 0.968. The van der Waals surface area contributed by atoms with E-state index in [0.29, 0.717) is 12.8 Å². The standard InChI is InChI=1S/C22H24F8Si/c1-5-7-9-11-13(23)17(27)21(18(28)14(11)24)31(3,4)22-19(29)15(25)12(10-8-6-2)16(26)20(22)30/h5-10H2,1-4H3. The molecule has 0 N–H and O–H groups in total. The number of benzene rings is 2. The molecule has 0 saturated heterocycles. The van der Waals surface area contributed by atoms with Crippen LogP contribution in [0.4, 0.5) is 35.1 Å². The van der Waals surface area contributed by atoms with Gasteiger partial charge in [0.25, 0.3) is 0 Å². The Labute approximate surface area is 177 Å². The van der Waals surface area contributed by atoms with E-state index in [1.54, 1.807) is 13.8 Å². The maximum atomic E-state index is 14.8. The largest absolute Gasteiger partial charge is 0.204 e. The van der Waals surface area contributed by atoms with Crippen molar-refractivity contribution in [2.24, 2.45) is 0 Å². The second-order valence-corrected chi connectivity index (χ2v) is 12.3. The van der Waals surface area contributed by atoms with Crippen molar-refractivity contribution in [2.45, 2.75) is 65.5 Å². The third-order valence-corrected chi connectivity index (χ3v) is 8.90. The predicted octanol–water partition coefficient (Wildman–Crippen LogP) is 6.31. The highest BCUT2D eigenvalue weighted by Gasteiger charge is 2.43. The summed E-state index contributed by atoms with van der Waals surface area (Å²) in [4.78, 5) is 0. The van der Waals surface area contributed by atoms with Crippen LogP contribution in [0.3, 0.4) is 0 Å². The zero-order valence-corrected chi connectivity index (χ0v) is 18.8. The van der Waals surface area contributed by atoms with Gasteiger partial charge in [0.05, 0.1) is 0 Å². The van der Waals surface area contributed by atoms with Crippen molar-refractivity contribution in [1.29, 1.82) is 0 Å². The molecule has 2 rings (SSSR count). The maximum absolute atomic E-state index is 14.8. The molecule has 0 aromatic heterocycles. The van der Waals surface area contributed by atoms with Crippen LogP contribution in [0.2, 0.25) is 13.1 Å². The summed E-state index contributed by atoms with van der Waals surface area (Å²) >= 11 is 0. The number of unbranched alkanes of at least 4 members (excludes halogenated alkanes) is 2. The Hall–Kier alpha value is -1.90. The van der Waals surface area contributed by atoms with Crippen molar-refractivity contribution in [3.63, 3.8) is 0 Å². The molecule has 9 heteroatoms. The smallest absolute Gasteiger partial charge is 0.165 e. The molecule has 0 spiro atoms. The van der Waals surface area contributed by atoms with Gasteiger partial charge in [-0.2, -0.15) is 0 Å². The van der Waals surface area contributed by atoms with Crippen LogP contribution in [0.5, 0.6) is 0 Å². The summed E-state index contributed by atoms with van der Waals surface area (Å²) in [5.41, 5.74) is -1.61. The van der Waals surface area contributed by atoms with Gasteiger partial charge in [-0.1, -0.05) is 39.8 Å². The maximum Gasteiger partial charge on any atom is 0.165 e. The minimum absolute atomic E-state index is 0.256. The molecule has 0 atom stereocenters. The molecule has 0 aliphatic rings. The highest BCUT2D eigenvalue weighted by molar-refractivity contribution is 7.00. The number of hydrogen-bond acceptors (Lipinski definition) is 0. The quantitative estimate of drug-likeness (QED) is 0.242. The molecule has 31 heavy (non-hydrogen) atoms. The minimum Gasteiger partial charge on any atom is -0.204 e. The van der Waals surface area contributed by atoms with E-state index in [2.05, 4.69) is 0 Å². The highest BCUT2D eigenvalue weighted by atomic mass is 28.3. The van der Waals surface area contributed by atoms with Gasteiger partial charge in [0, 0.05) is 21.5 Å². The fourth-order valence-electron chi connectivity index (χ4n) is 3.72. The Bertz CT molecular complexity index is 849. The number of rotatable bonds is 8. The molecule has 0 fully saturated rings. The van der Waals surface area contributed by atoms with Gasteiger partial charge in [-0.05, 0) is 25.7 Å². The molecular weight excluding hydrogens is 444 g/mol. The van der Waals surface area contributed by atoms with Crippen LogP contribution in [0.1, 0.15) is 50.7 Å². The van der Waals surface area contributed by atoms with Gasteiger partial charge in [-0.25, -0.2) is 35.1 Å². The topological polar surface area (TPSA) is 0 Å². The third-order valence-electron chi connectivity index (χ3n) is 5.52. The van der Waals surface area contributed by atoms with Crippen LogP contribution in [0, 0.1) is 46.5 Å². The fraction of sp³-hybridized carbons (Fsp3) is 0.455. The van der Waals surface area contributed by atoms with Crippen LogP contribution in [0.25, 0.3) is 0 Å². The third kappa shape index (κ3) is 4.38. The second-order valence-electron chi connectivity index (χ2n) is 8.05. The van der Waals surface area contributed by atoms with Crippen molar-refractivity contribution >= 4 is 18.4 Å². The Morgan fingerprint density at radius 2 is 0.742 bits per heavy atom. The average Bonchev–Trinajstić information content (AvgIpc) is 2.71. The van der Waals surface area contributed by atoms with Crippen molar-refractivity contribution in [2.75, 3.05) is 0 Å². The summed E-state index contributed by atoms with van der Waals surface area (Å²) in [5, 5.41) is -2.42. The van der Waals surface area contributed by atoms with E-state index in [0.717, 1.165) is 13.1 Å². The molecule has 0 aliphatic heterocycles. The van der Waals surface area contributed by atoms with E-state index in [9.17, 15) is 35.1 Å². The Balaban J connectivity index is 2.79. The lowest BCUT2D eigenvalue weighted by atomic mass is 10.1. The lowest BCUT2D eigenvalue weighted by Gasteiger charge is -2.27. The molecule has 2 aromatic carbocycles. The number of halogens is 8. The first-order valence-corrected chi connectivity index (χ1v) is 13.1. The molecule has 0 amide bonds. The fourth-order valence-corrected chi connectivity index (χ4v) is 6.61. The Kier molecular flexibility index (Phi) is 7.94. The summed E-state index contributed by atoms with van der Waals surface area (Å²) in [5.74, 6) is -13.8.